The second-order valence-electron chi connectivity index (χ2n) is 2.81. The maximum Gasteiger partial charge on any atom is 0.0629 e. The van der Waals surface area contributed by atoms with Crippen molar-refractivity contribution in [2.45, 2.75) is 20.8 Å². The number of hydrogen-bond acceptors (Lipinski definition) is 2. The van der Waals surface area contributed by atoms with Crippen molar-refractivity contribution in [3.8, 4) is 0 Å². The first-order chi connectivity index (χ1) is 7.09. The minimum absolute atomic E-state index is 0.438. The Morgan fingerprint density at radius 3 is 2.13 bits per heavy atom. The summed E-state index contributed by atoms with van der Waals surface area (Å²) in [7, 11) is 0. The minimum Gasteiger partial charge on any atom is -0.402 e. The summed E-state index contributed by atoms with van der Waals surface area (Å²) in [5, 5.41) is 7.66. The normalized spacial score (nSPS) is 10.3. The van der Waals surface area contributed by atoms with Crippen LogP contribution in [0.3, 0.4) is 0 Å². The van der Waals surface area contributed by atoms with Crippen LogP contribution in [0.2, 0.25) is 0 Å². The molecule has 0 unspecified atom stereocenters. The van der Waals surface area contributed by atoms with Crippen molar-refractivity contribution in [1.29, 1.82) is 5.41 Å². The van der Waals surface area contributed by atoms with Crippen molar-refractivity contribution in [1.82, 2.24) is 0 Å². The van der Waals surface area contributed by atoms with Gasteiger partial charge in [-0.25, -0.2) is 0 Å². The monoisotopic (exact) mass is 268 g/mol. The van der Waals surface area contributed by atoms with E-state index in [1.807, 2.05) is 38.1 Å². The third-order valence-electron chi connectivity index (χ3n) is 1.53. The number of halogens is 1. The molecule has 0 atom stereocenters. The first-order valence-electron chi connectivity index (χ1n) is 4.88. The van der Waals surface area contributed by atoms with Crippen LogP contribution in [0.1, 0.15) is 26.3 Å². The summed E-state index contributed by atoms with van der Waals surface area (Å²) < 4.78 is 1.01. The highest BCUT2D eigenvalue weighted by Gasteiger charge is 1.96. The van der Waals surface area contributed by atoms with E-state index in [1.54, 1.807) is 13.0 Å². The van der Waals surface area contributed by atoms with Crippen LogP contribution in [0.4, 0.5) is 0 Å². The average Bonchev–Trinajstić information content (AvgIpc) is 2.20. The molecule has 0 saturated carbocycles. The van der Waals surface area contributed by atoms with Gasteiger partial charge in [0.05, 0.1) is 5.71 Å². The van der Waals surface area contributed by atoms with Gasteiger partial charge in [0.2, 0.25) is 0 Å². The largest absolute Gasteiger partial charge is 0.402 e. The van der Waals surface area contributed by atoms with E-state index >= 15 is 0 Å². The molecular formula is C12H17BrN2. The van der Waals surface area contributed by atoms with E-state index in [4.69, 9.17) is 11.1 Å². The predicted molar refractivity (Wildman–Crippen MR) is 70.3 cm³/mol. The van der Waals surface area contributed by atoms with Gasteiger partial charge in [-0.1, -0.05) is 41.9 Å². The molecule has 1 aromatic carbocycles. The van der Waals surface area contributed by atoms with Crippen molar-refractivity contribution in [2.75, 3.05) is 0 Å². The van der Waals surface area contributed by atoms with Crippen LogP contribution < -0.4 is 5.73 Å². The van der Waals surface area contributed by atoms with Crippen LogP contribution in [-0.2, 0) is 0 Å². The molecule has 0 amide bonds. The molecule has 0 aliphatic rings. The van der Waals surface area contributed by atoms with Gasteiger partial charge in [-0.2, -0.15) is 0 Å². The van der Waals surface area contributed by atoms with E-state index in [9.17, 15) is 0 Å². The van der Waals surface area contributed by atoms with Crippen LogP contribution in [-0.4, -0.2) is 5.71 Å². The smallest absolute Gasteiger partial charge is 0.0629 e. The fourth-order valence-corrected chi connectivity index (χ4v) is 1.20. The number of allylic oxidation sites excluding steroid dienone is 2. The van der Waals surface area contributed by atoms with E-state index in [-0.39, 0.29) is 0 Å². The first-order valence-corrected chi connectivity index (χ1v) is 5.67. The van der Waals surface area contributed by atoms with Gasteiger partial charge in [0.1, 0.15) is 0 Å². The molecule has 2 nitrogen and oxygen atoms in total. The van der Waals surface area contributed by atoms with Crippen LogP contribution in [0.5, 0.6) is 0 Å². The Labute approximate surface area is 99.8 Å². The maximum absolute atomic E-state index is 7.66. The van der Waals surface area contributed by atoms with Crippen LogP contribution in [0.25, 0.3) is 0 Å². The number of benzene rings is 1. The highest BCUT2D eigenvalue weighted by molar-refractivity contribution is 9.10. The molecule has 0 aliphatic heterocycles. The molecule has 15 heavy (non-hydrogen) atoms. The van der Waals surface area contributed by atoms with Gasteiger partial charge in [0, 0.05) is 10.2 Å². The Morgan fingerprint density at radius 2 is 1.73 bits per heavy atom. The van der Waals surface area contributed by atoms with E-state index < -0.39 is 0 Å². The third kappa shape index (κ3) is 5.37. The second kappa shape index (κ2) is 7.23. The number of rotatable bonds is 2. The van der Waals surface area contributed by atoms with Gasteiger partial charge in [0.15, 0.2) is 0 Å². The molecule has 0 radical (unpaired) electrons. The fourth-order valence-electron chi connectivity index (χ4n) is 0.940. The van der Waals surface area contributed by atoms with Gasteiger partial charge in [-0.3, -0.25) is 0 Å². The van der Waals surface area contributed by atoms with Crippen molar-refractivity contribution in [3.63, 3.8) is 0 Å². The molecule has 0 spiro atoms. The summed E-state index contributed by atoms with van der Waals surface area (Å²) in [6, 6.07) is 7.57. The Morgan fingerprint density at radius 1 is 1.27 bits per heavy atom. The van der Waals surface area contributed by atoms with E-state index in [0.717, 1.165) is 10.0 Å². The summed E-state index contributed by atoms with van der Waals surface area (Å²) in [5.74, 6) is 0. The number of hydrogen-bond donors (Lipinski definition) is 2. The Hall–Kier alpha value is -1.09. The van der Waals surface area contributed by atoms with Crippen molar-refractivity contribution >= 4 is 21.6 Å². The van der Waals surface area contributed by atoms with Crippen LogP contribution >= 0.6 is 15.9 Å². The Kier molecular flexibility index (Phi) is 6.71. The van der Waals surface area contributed by atoms with Crippen molar-refractivity contribution < 1.29 is 0 Å². The van der Waals surface area contributed by atoms with Crippen molar-refractivity contribution in [2.24, 2.45) is 5.73 Å². The molecule has 0 aromatic heterocycles. The van der Waals surface area contributed by atoms with E-state index in [1.165, 1.54) is 0 Å². The van der Waals surface area contributed by atoms with E-state index in [2.05, 4.69) is 15.9 Å². The van der Waals surface area contributed by atoms with Crippen LogP contribution in [0.15, 0.2) is 40.5 Å². The van der Waals surface area contributed by atoms with Gasteiger partial charge in [-0.15, -0.1) is 0 Å². The Bertz CT molecular complexity index is 335. The molecule has 0 fully saturated rings. The SMILES string of the molecule is C/C(N)=C/C(=N)c1ccc(Br)cc1.CC. The zero-order valence-corrected chi connectivity index (χ0v) is 10.9. The molecule has 82 valence electrons. The summed E-state index contributed by atoms with van der Waals surface area (Å²) in [5.41, 5.74) is 7.42. The Balaban J connectivity index is 0.000000921. The second-order valence-corrected chi connectivity index (χ2v) is 3.72. The highest BCUT2D eigenvalue weighted by atomic mass is 79.9. The summed E-state index contributed by atoms with van der Waals surface area (Å²) in [6.45, 7) is 5.77. The molecule has 0 aliphatic carbocycles. The van der Waals surface area contributed by atoms with Gasteiger partial charge in [-0.05, 0) is 30.7 Å². The predicted octanol–water partition coefficient (Wildman–Crippen LogP) is 3.71. The third-order valence-corrected chi connectivity index (χ3v) is 2.06. The van der Waals surface area contributed by atoms with Gasteiger partial charge in [0.25, 0.3) is 0 Å². The molecule has 0 saturated heterocycles. The quantitative estimate of drug-likeness (QED) is 0.790. The molecule has 0 heterocycles. The lowest BCUT2D eigenvalue weighted by Gasteiger charge is -1.99. The van der Waals surface area contributed by atoms with Crippen molar-refractivity contribution in [3.05, 3.63) is 46.1 Å². The lowest BCUT2D eigenvalue weighted by Crippen LogP contribution is -1.99. The average molecular weight is 269 g/mol. The topological polar surface area (TPSA) is 49.9 Å². The summed E-state index contributed by atoms with van der Waals surface area (Å²) >= 11 is 3.33. The molecule has 0 bridgehead atoms. The molecule has 1 rings (SSSR count). The summed E-state index contributed by atoms with van der Waals surface area (Å²) in [4.78, 5) is 0. The first kappa shape index (κ1) is 13.9. The lowest BCUT2D eigenvalue weighted by atomic mass is 10.1. The minimum atomic E-state index is 0.438. The highest BCUT2D eigenvalue weighted by Crippen LogP contribution is 2.11. The molecule has 1 aromatic rings. The fraction of sp³-hybridized carbons (Fsp3) is 0.250. The van der Waals surface area contributed by atoms with Crippen LogP contribution in [0, 0.1) is 5.41 Å². The molecule has 3 heteroatoms. The van der Waals surface area contributed by atoms with E-state index in [0.29, 0.717) is 11.4 Å². The lowest BCUT2D eigenvalue weighted by molar-refractivity contribution is 1.32. The molecule has 3 N–H and O–H groups in total. The maximum atomic E-state index is 7.66. The number of nitrogens with two attached hydrogens (primary N) is 1. The zero-order valence-electron chi connectivity index (χ0n) is 9.34. The van der Waals surface area contributed by atoms with Gasteiger partial charge >= 0.3 is 0 Å². The standard InChI is InChI=1S/C10H11BrN2.C2H6/c1-7(12)6-10(13)8-2-4-9(11)5-3-8;1-2/h2-6,13H,12H2,1H3;1-2H3/b7-6-,13-10?;. The summed E-state index contributed by atoms with van der Waals surface area (Å²) in [6.07, 6.45) is 1.64. The molecular weight excluding hydrogens is 252 g/mol. The number of nitrogens with one attached hydrogen (secondary N) is 1. The van der Waals surface area contributed by atoms with Gasteiger partial charge < -0.3 is 11.1 Å². The zero-order chi connectivity index (χ0) is 11.8.